The summed E-state index contributed by atoms with van der Waals surface area (Å²) in [5.41, 5.74) is 4.32. The topological polar surface area (TPSA) is 118 Å². The van der Waals surface area contributed by atoms with Crippen molar-refractivity contribution in [2.24, 2.45) is 29.6 Å². The molecule has 0 radical (unpaired) electrons. The average Bonchev–Trinajstić information content (AvgIpc) is 3.80. The minimum Gasteiger partial charge on any atom is -0.493 e. The predicted molar refractivity (Wildman–Crippen MR) is 180 cm³/mol. The van der Waals surface area contributed by atoms with Crippen LogP contribution in [0.5, 0.6) is 11.5 Å². The molecule has 3 heterocycles. The summed E-state index contributed by atoms with van der Waals surface area (Å²) in [4.78, 5) is 58.6. The van der Waals surface area contributed by atoms with Crippen molar-refractivity contribution in [2.45, 2.75) is 36.5 Å². The van der Waals surface area contributed by atoms with Crippen LogP contribution >= 0.6 is 23.1 Å². The van der Waals surface area contributed by atoms with E-state index >= 15 is 0 Å². The number of nitrogens with one attached hydrogen (secondary N) is 2. The monoisotopic (exact) mass is 667 g/mol. The number of benzene rings is 3. The molecule has 240 valence electrons. The fraction of sp³-hybridized carbons (Fsp3) is 0.333. The van der Waals surface area contributed by atoms with Gasteiger partial charge in [-0.3, -0.25) is 24.1 Å². The number of hydrogen-bond acceptors (Lipinski definition) is 8. The van der Waals surface area contributed by atoms with Gasteiger partial charge in [-0.05, 0) is 79.5 Å². The number of thioether (sulfide) groups is 1. The molecule has 1 saturated heterocycles. The molecular weight excluding hydrogens is 635 g/mol. The van der Waals surface area contributed by atoms with E-state index in [0.29, 0.717) is 17.2 Å². The lowest BCUT2D eigenvalue weighted by Crippen LogP contribution is -2.42. The number of fused-ring (bicyclic) bond motifs is 9. The fourth-order valence-corrected chi connectivity index (χ4v) is 11.3. The molecule has 2 bridgehead atoms. The summed E-state index contributed by atoms with van der Waals surface area (Å²) in [6, 6.07) is 20.8. The van der Waals surface area contributed by atoms with Gasteiger partial charge in [0.15, 0.2) is 18.1 Å². The summed E-state index contributed by atoms with van der Waals surface area (Å²) >= 11 is 2.87. The molecule has 4 aliphatic rings. The van der Waals surface area contributed by atoms with Crippen molar-refractivity contribution in [1.82, 2.24) is 4.98 Å². The second-order valence-electron chi connectivity index (χ2n) is 12.9. The summed E-state index contributed by atoms with van der Waals surface area (Å²) in [5, 5.41) is 3.80. The maximum absolute atomic E-state index is 14.0. The van der Waals surface area contributed by atoms with Gasteiger partial charge in [-0.1, -0.05) is 53.3 Å². The number of ether oxygens (including phenoxy) is 2. The second kappa shape index (κ2) is 11.4. The molecule has 4 aromatic rings. The second-order valence-corrected chi connectivity index (χ2v) is 15.1. The Kier molecular flexibility index (Phi) is 7.29. The van der Waals surface area contributed by atoms with Gasteiger partial charge < -0.3 is 19.8 Å². The molecule has 7 atom stereocenters. The van der Waals surface area contributed by atoms with Crippen molar-refractivity contribution < 1.29 is 23.9 Å². The third kappa shape index (κ3) is 4.81. The number of methoxy groups -OCH3 is 1. The smallest absolute Gasteiger partial charge is 0.305 e. The van der Waals surface area contributed by atoms with Crippen LogP contribution in [0.3, 0.4) is 0 Å². The predicted octanol–water partition coefficient (Wildman–Crippen LogP) is 5.76. The molecule has 0 spiro atoms. The zero-order chi connectivity index (χ0) is 32.6. The number of H-pyrrole nitrogens is 1. The normalized spacial score (nSPS) is 27.0. The first kappa shape index (κ1) is 30.0. The first-order valence-electron chi connectivity index (χ1n) is 15.7. The summed E-state index contributed by atoms with van der Waals surface area (Å²) < 4.78 is 11.7. The Labute approximate surface area is 279 Å². The van der Waals surface area contributed by atoms with Crippen molar-refractivity contribution in [3.63, 3.8) is 0 Å². The lowest BCUT2D eigenvalue weighted by atomic mass is 9.68. The summed E-state index contributed by atoms with van der Waals surface area (Å²) in [5.74, 6) is -0.426. The van der Waals surface area contributed by atoms with Gasteiger partial charge >= 0.3 is 4.87 Å². The number of aromatic nitrogens is 1. The largest absolute Gasteiger partial charge is 0.493 e. The van der Waals surface area contributed by atoms with Crippen molar-refractivity contribution in [1.29, 1.82) is 0 Å². The Morgan fingerprint density at radius 3 is 2.45 bits per heavy atom. The molecule has 2 N–H and O–H groups in total. The van der Waals surface area contributed by atoms with E-state index in [1.54, 1.807) is 24.9 Å². The molecule has 2 aliphatic heterocycles. The first-order valence-corrected chi connectivity index (χ1v) is 17.4. The minimum absolute atomic E-state index is 0.00295. The van der Waals surface area contributed by atoms with E-state index in [-0.39, 0.29) is 70.0 Å². The number of nitrogens with zero attached hydrogens (tertiary/aromatic N) is 1. The standard InChI is InChI=1S/C36H33N3O6S2/c1-17-8-11-20(12-9-17)39-34(41)29-21-15-22(30(29)35(39)42)31-28(21)27(32-33(46-31)38-36(43)47-32)19-10-13-24(25(14-19)44-3)45-16-26(40)37-23-7-5-4-6-18(23)2/h4-14,21-22,27-31H,15-16H2,1-3H3,(H,37,40)(H,38,43)/t21-,22-,27-,28?,29?,30?,31?/m1/s1. The van der Waals surface area contributed by atoms with Crippen LogP contribution in [0.25, 0.3) is 0 Å². The Bertz CT molecular complexity index is 1990. The van der Waals surface area contributed by atoms with Crippen LogP contribution in [0.4, 0.5) is 11.4 Å². The van der Waals surface area contributed by atoms with Crippen molar-refractivity contribution in [3.05, 3.63) is 98.0 Å². The molecule has 3 fully saturated rings. The van der Waals surface area contributed by atoms with Gasteiger partial charge in [-0.25, -0.2) is 0 Å². The summed E-state index contributed by atoms with van der Waals surface area (Å²) in [6.45, 7) is 3.71. The van der Waals surface area contributed by atoms with Crippen LogP contribution in [-0.4, -0.2) is 41.7 Å². The number of rotatable bonds is 7. The molecule has 1 aromatic heterocycles. The van der Waals surface area contributed by atoms with Gasteiger partial charge in [-0.15, -0.1) is 11.8 Å². The zero-order valence-electron chi connectivity index (χ0n) is 26.0. The van der Waals surface area contributed by atoms with Crippen molar-refractivity contribution in [2.75, 3.05) is 23.9 Å². The summed E-state index contributed by atoms with van der Waals surface area (Å²) in [6.07, 6.45) is 0.806. The number of imide groups is 1. The van der Waals surface area contributed by atoms with E-state index in [9.17, 15) is 19.2 Å². The number of hydrogen-bond donors (Lipinski definition) is 2. The number of carbonyl (C=O) groups excluding carboxylic acids is 3. The fourth-order valence-electron chi connectivity index (χ4n) is 8.38. The molecule has 3 aromatic carbocycles. The van der Waals surface area contributed by atoms with Gasteiger partial charge in [0.2, 0.25) is 11.8 Å². The molecule has 4 unspecified atom stereocenters. The molecule has 2 aliphatic carbocycles. The van der Waals surface area contributed by atoms with Gasteiger partial charge in [-0.2, -0.15) is 0 Å². The van der Waals surface area contributed by atoms with Crippen molar-refractivity contribution >= 4 is 52.2 Å². The highest BCUT2D eigenvalue weighted by Crippen LogP contribution is 2.68. The molecule has 8 rings (SSSR count). The number of thiazole rings is 1. The van der Waals surface area contributed by atoms with Gasteiger partial charge in [0, 0.05) is 21.7 Å². The number of anilines is 2. The van der Waals surface area contributed by atoms with E-state index in [1.165, 1.54) is 16.2 Å². The van der Waals surface area contributed by atoms with Crippen LogP contribution in [-0.2, 0) is 14.4 Å². The lowest BCUT2D eigenvalue weighted by Gasteiger charge is -2.43. The molecule has 2 saturated carbocycles. The Balaban J connectivity index is 1.09. The maximum atomic E-state index is 14.0. The lowest BCUT2D eigenvalue weighted by molar-refractivity contribution is -0.123. The Morgan fingerprint density at radius 2 is 1.70 bits per heavy atom. The van der Waals surface area contributed by atoms with Crippen LogP contribution in [0, 0.1) is 43.4 Å². The third-order valence-electron chi connectivity index (χ3n) is 10.3. The first-order chi connectivity index (χ1) is 22.7. The van der Waals surface area contributed by atoms with Crippen LogP contribution in [0.15, 0.2) is 76.6 Å². The van der Waals surface area contributed by atoms with E-state index in [2.05, 4.69) is 10.3 Å². The van der Waals surface area contributed by atoms with Gasteiger partial charge in [0.25, 0.3) is 5.91 Å². The number of carbonyl (C=O) groups is 3. The van der Waals surface area contributed by atoms with E-state index < -0.39 is 0 Å². The van der Waals surface area contributed by atoms with Gasteiger partial charge in [0.1, 0.15) is 0 Å². The SMILES string of the molecule is COc1cc([C@H]2c3sc(=O)[nH]c3SC3C2[C@H]2C[C@@H]3C3C(=O)N(c4ccc(C)cc4)C(=O)C32)ccc1OCC(=O)Nc1ccccc1C. The minimum atomic E-state index is -0.383. The molecule has 11 heteroatoms. The zero-order valence-corrected chi connectivity index (χ0v) is 27.7. The number of aromatic amines is 1. The Hall–Kier alpha value is -4.35. The quantitative estimate of drug-likeness (QED) is 0.241. The van der Waals surface area contributed by atoms with E-state index in [4.69, 9.17) is 9.47 Å². The van der Waals surface area contributed by atoms with Crippen LogP contribution in [0.1, 0.15) is 33.9 Å². The highest BCUT2D eigenvalue weighted by atomic mass is 32.2. The van der Waals surface area contributed by atoms with E-state index in [0.717, 1.165) is 38.7 Å². The van der Waals surface area contributed by atoms with Gasteiger partial charge in [0.05, 0.1) is 29.7 Å². The highest BCUT2D eigenvalue weighted by molar-refractivity contribution is 8.00. The third-order valence-corrected chi connectivity index (χ3v) is 12.9. The van der Waals surface area contributed by atoms with Crippen LogP contribution < -0.4 is 24.6 Å². The average molecular weight is 668 g/mol. The molecule has 47 heavy (non-hydrogen) atoms. The van der Waals surface area contributed by atoms with Crippen molar-refractivity contribution in [3.8, 4) is 11.5 Å². The number of para-hydroxylation sites is 1. The maximum Gasteiger partial charge on any atom is 0.305 e. The summed E-state index contributed by atoms with van der Waals surface area (Å²) in [7, 11) is 1.56. The number of amides is 3. The van der Waals surface area contributed by atoms with E-state index in [1.807, 2.05) is 74.5 Å². The molecular formula is C36H33N3O6S2. The molecule has 3 amide bonds. The van der Waals surface area contributed by atoms with Crippen LogP contribution in [0.2, 0.25) is 0 Å². The molecule has 9 nitrogen and oxygen atoms in total. The number of aryl methyl sites for hydroxylation is 2. The Morgan fingerprint density at radius 1 is 0.957 bits per heavy atom. The highest BCUT2D eigenvalue weighted by Gasteiger charge is 2.69.